The predicted octanol–water partition coefficient (Wildman–Crippen LogP) is 6.65. The number of benzene rings is 3. The van der Waals surface area contributed by atoms with Gasteiger partial charge in [0.15, 0.2) is 0 Å². The number of amides is 1. The van der Waals surface area contributed by atoms with Crippen molar-refractivity contribution in [2.75, 3.05) is 12.4 Å². The predicted molar refractivity (Wildman–Crippen MR) is 140 cm³/mol. The average molecular weight is 487 g/mol. The molecule has 0 radical (unpaired) electrons. The molecule has 0 atom stereocenters. The minimum absolute atomic E-state index is 0.112. The zero-order valence-electron chi connectivity index (χ0n) is 21.1. The van der Waals surface area contributed by atoms with E-state index in [1.54, 1.807) is 40.0 Å². The molecule has 7 heteroatoms. The number of esters is 1. The third-order valence-corrected chi connectivity index (χ3v) is 5.55. The van der Waals surface area contributed by atoms with Crippen LogP contribution in [0.1, 0.15) is 42.4 Å². The van der Waals surface area contributed by atoms with Crippen LogP contribution >= 0.6 is 0 Å². The molecule has 1 heterocycles. The third-order valence-electron chi connectivity index (χ3n) is 5.55. The van der Waals surface area contributed by atoms with E-state index in [1.165, 1.54) is 0 Å². The van der Waals surface area contributed by atoms with Gasteiger partial charge in [-0.3, -0.25) is 5.32 Å². The summed E-state index contributed by atoms with van der Waals surface area (Å²) in [6.45, 7) is 7.46. The molecule has 0 aliphatic carbocycles. The first-order chi connectivity index (χ1) is 17.2. The number of nitrogens with zero attached hydrogens (tertiary/aromatic N) is 1. The van der Waals surface area contributed by atoms with Gasteiger partial charge in [0, 0.05) is 5.39 Å². The van der Waals surface area contributed by atoms with Gasteiger partial charge in [0.1, 0.15) is 23.7 Å². The Morgan fingerprint density at radius 1 is 0.944 bits per heavy atom. The lowest BCUT2D eigenvalue weighted by Crippen LogP contribution is -2.27. The van der Waals surface area contributed by atoms with Crippen molar-refractivity contribution in [3.05, 3.63) is 89.6 Å². The summed E-state index contributed by atoms with van der Waals surface area (Å²) < 4.78 is 18.2. The van der Waals surface area contributed by atoms with Crippen molar-refractivity contribution in [3.63, 3.8) is 0 Å². The molecule has 0 aliphatic heterocycles. The van der Waals surface area contributed by atoms with Crippen molar-refractivity contribution in [3.8, 4) is 11.4 Å². The number of anilines is 1. The van der Waals surface area contributed by atoms with Crippen LogP contribution in [-0.2, 0) is 16.1 Å². The topological polar surface area (TPSA) is 78.8 Å². The van der Waals surface area contributed by atoms with Gasteiger partial charge in [0.2, 0.25) is 0 Å². The van der Waals surface area contributed by atoms with Crippen molar-refractivity contribution in [1.29, 1.82) is 0 Å². The normalized spacial score (nSPS) is 11.2. The van der Waals surface area contributed by atoms with E-state index in [0.29, 0.717) is 17.1 Å². The second-order valence-corrected chi connectivity index (χ2v) is 9.45. The van der Waals surface area contributed by atoms with E-state index in [2.05, 4.69) is 5.32 Å². The lowest BCUT2D eigenvalue weighted by molar-refractivity contribution is 0.0463. The molecule has 1 aromatic heterocycles. The van der Waals surface area contributed by atoms with E-state index in [0.717, 1.165) is 27.8 Å². The Morgan fingerprint density at radius 3 is 2.36 bits per heavy atom. The van der Waals surface area contributed by atoms with E-state index < -0.39 is 17.7 Å². The highest BCUT2D eigenvalue weighted by atomic mass is 16.6. The summed E-state index contributed by atoms with van der Waals surface area (Å²) in [5, 5.41) is 3.73. The smallest absolute Gasteiger partial charge is 0.412 e. The van der Waals surface area contributed by atoms with E-state index in [4.69, 9.17) is 14.2 Å². The number of aryl methyl sites for hydroxylation is 1. The van der Waals surface area contributed by atoms with Crippen LogP contribution in [-0.4, -0.2) is 29.3 Å². The molecule has 4 aromatic rings. The standard InChI is InChI=1S/C29H30N2O5/c1-19-9-8-11-23(30-28(33)36-29(2,3)4)26(19)31-24-12-7-6-10-21(24)17-25(31)27(32)35-18-20-13-15-22(34-5)16-14-20/h6-17H,18H2,1-5H3,(H,30,33). The van der Waals surface area contributed by atoms with Crippen LogP contribution in [0.4, 0.5) is 10.5 Å². The van der Waals surface area contributed by atoms with E-state index in [9.17, 15) is 9.59 Å². The monoisotopic (exact) mass is 486 g/mol. The Balaban J connectivity index is 1.73. The van der Waals surface area contributed by atoms with Gasteiger partial charge in [-0.2, -0.15) is 0 Å². The van der Waals surface area contributed by atoms with Crippen LogP contribution in [0.15, 0.2) is 72.8 Å². The minimum atomic E-state index is -0.648. The molecule has 0 bridgehead atoms. The number of methoxy groups -OCH3 is 1. The van der Waals surface area contributed by atoms with Crippen LogP contribution < -0.4 is 10.1 Å². The molecule has 0 unspecified atom stereocenters. The van der Waals surface area contributed by atoms with Crippen molar-refractivity contribution < 1.29 is 23.8 Å². The number of para-hydroxylation sites is 2. The van der Waals surface area contributed by atoms with Crippen LogP contribution in [0.25, 0.3) is 16.6 Å². The number of carbonyl (C=O) groups is 2. The van der Waals surface area contributed by atoms with Gasteiger partial charge in [-0.25, -0.2) is 9.59 Å². The van der Waals surface area contributed by atoms with E-state index in [-0.39, 0.29) is 6.61 Å². The van der Waals surface area contributed by atoms with Crippen LogP contribution in [0.3, 0.4) is 0 Å². The quantitative estimate of drug-likeness (QED) is 0.309. The third kappa shape index (κ3) is 5.51. The lowest BCUT2D eigenvalue weighted by Gasteiger charge is -2.22. The van der Waals surface area contributed by atoms with Crippen LogP contribution in [0, 0.1) is 6.92 Å². The lowest BCUT2D eigenvalue weighted by atomic mass is 10.1. The largest absolute Gasteiger partial charge is 0.497 e. The summed E-state index contributed by atoms with van der Waals surface area (Å²) in [4.78, 5) is 26.0. The Hall–Kier alpha value is -4.26. The summed E-state index contributed by atoms with van der Waals surface area (Å²) >= 11 is 0. The van der Waals surface area contributed by atoms with Gasteiger partial charge < -0.3 is 18.8 Å². The summed E-state index contributed by atoms with van der Waals surface area (Å²) in [5.74, 6) is 0.253. The number of aromatic nitrogens is 1. The fourth-order valence-electron chi connectivity index (χ4n) is 3.96. The number of fused-ring (bicyclic) bond motifs is 1. The highest BCUT2D eigenvalue weighted by molar-refractivity contribution is 5.99. The molecule has 1 amide bonds. The first kappa shape index (κ1) is 24.9. The minimum Gasteiger partial charge on any atom is -0.497 e. The summed E-state index contributed by atoms with van der Waals surface area (Å²) in [5.41, 5.74) is 3.42. The number of rotatable bonds is 6. The maximum atomic E-state index is 13.4. The fourth-order valence-corrected chi connectivity index (χ4v) is 3.96. The summed E-state index contributed by atoms with van der Waals surface area (Å²) in [6.07, 6.45) is -0.575. The molecular weight excluding hydrogens is 456 g/mol. The summed E-state index contributed by atoms with van der Waals surface area (Å²) in [6, 6.07) is 22.4. The number of hydrogen-bond acceptors (Lipinski definition) is 5. The highest BCUT2D eigenvalue weighted by Gasteiger charge is 2.23. The zero-order valence-corrected chi connectivity index (χ0v) is 21.1. The Kier molecular flexibility index (Phi) is 7.01. The maximum absolute atomic E-state index is 13.4. The molecular formula is C29H30N2O5. The Labute approximate surface area is 210 Å². The molecule has 1 N–H and O–H groups in total. The number of hydrogen-bond donors (Lipinski definition) is 1. The molecule has 0 spiro atoms. The number of ether oxygens (including phenoxy) is 3. The molecule has 0 saturated carbocycles. The average Bonchev–Trinajstić information content (AvgIpc) is 3.21. The fraction of sp³-hybridized carbons (Fsp3) is 0.241. The van der Waals surface area contributed by atoms with Crippen LogP contribution in [0.5, 0.6) is 5.75 Å². The molecule has 36 heavy (non-hydrogen) atoms. The van der Waals surface area contributed by atoms with E-state index >= 15 is 0 Å². The second-order valence-electron chi connectivity index (χ2n) is 9.45. The van der Waals surface area contributed by atoms with Gasteiger partial charge in [0.25, 0.3) is 0 Å². The molecule has 4 rings (SSSR count). The van der Waals surface area contributed by atoms with Crippen molar-refractivity contribution in [2.45, 2.75) is 39.9 Å². The van der Waals surface area contributed by atoms with Crippen molar-refractivity contribution >= 4 is 28.7 Å². The molecule has 7 nitrogen and oxygen atoms in total. The summed E-state index contributed by atoms with van der Waals surface area (Å²) in [7, 11) is 1.60. The first-order valence-corrected chi connectivity index (χ1v) is 11.7. The Morgan fingerprint density at radius 2 is 1.67 bits per heavy atom. The van der Waals surface area contributed by atoms with Crippen LogP contribution in [0.2, 0.25) is 0 Å². The molecule has 186 valence electrons. The molecule has 0 aliphatic rings. The maximum Gasteiger partial charge on any atom is 0.412 e. The zero-order chi connectivity index (χ0) is 25.9. The number of carbonyl (C=O) groups excluding carboxylic acids is 2. The second kappa shape index (κ2) is 10.2. The van der Waals surface area contributed by atoms with E-state index in [1.807, 2.05) is 72.2 Å². The number of nitrogens with one attached hydrogen (secondary N) is 1. The molecule has 0 fully saturated rings. The van der Waals surface area contributed by atoms with Crippen molar-refractivity contribution in [2.24, 2.45) is 0 Å². The van der Waals surface area contributed by atoms with Gasteiger partial charge in [-0.05, 0) is 69.2 Å². The van der Waals surface area contributed by atoms with Gasteiger partial charge in [-0.15, -0.1) is 0 Å². The first-order valence-electron chi connectivity index (χ1n) is 11.7. The van der Waals surface area contributed by atoms with Gasteiger partial charge >= 0.3 is 12.1 Å². The Bertz CT molecular complexity index is 1400. The van der Waals surface area contributed by atoms with Crippen molar-refractivity contribution in [1.82, 2.24) is 4.57 Å². The highest BCUT2D eigenvalue weighted by Crippen LogP contribution is 2.32. The molecule has 3 aromatic carbocycles. The molecule has 0 saturated heterocycles. The SMILES string of the molecule is COc1ccc(COC(=O)c2cc3ccccc3n2-c2c(C)cccc2NC(=O)OC(C)(C)C)cc1. The van der Waals surface area contributed by atoms with Gasteiger partial charge in [-0.1, -0.05) is 42.5 Å². The van der Waals surface area contributed by atoms with Gasteiger partial charge in [0.05, 0.1) is 24.0 Å².